The first-order valence-corrected chi connectivity index (χ1v) is 17.2. The first kappa shape index (κ1) is 35.1. The molecular weight excluding hydrogens is 644 g/mol. The molecule has 6 rings (SSSR count). The minimum absolute atomic E-state index is 0.0342. The van der Waals surface area contributed by atoms with Crippen molar-refractivity contribution >= 4 is 53.0 Å². The van der Waals surface area contributed by atoms with E-state index in [1.807, 2.05) is 60.6 Å². The third-order valence-electron chi connectivity index (χ3n) is 10.5. The molecular formula is C38H44BClFN3O5. The van der Waals surface area contributed by atoms with Crippen molar-refractivity contribution in [2.75, 3.05) is 23.3 Å². The average Bonchev–Trinajstić information content (AvgIpc) is 3.24. The second-order valence-corrected chi connectivity index (χ2v) is 15.7. The molecule has 2 saturated heterocycles. The first-order chi connectivity index (χ1) is 22.9. The molecule has 0 bridgehead atoms. The van der Waals surface area contributed by atoms with Gasteiger partial charge in [0.15, 0.2) is 5.43 Å². The summed E-state index contributed by atoms with van der Waals surface area (Å²) in [5.41, 5.74) is 2.98. The van der Waals surface area contributed by atoms with Crippen molar-refractivity contribution in [3.63, 3.8) is 0 Å². The first-order valence-electron chi connectivity index (χ1n) is 16.8. The molecule has 4 heterocycles. The van der Waals surface area contributed by atoms with Crippen LogP contribution in [0.4, 0.5) is 16.0 Å². The van der Waals surface area contributed by atoms with E-state index in [-0.39, 0.29) is 33.1 Å². The van der Waals surface area contributed by atoms with Crippen molar-refractivity contribution in [3.05, 3.63) is 79.8 Å². The van der Waals surface area contributed by atoms with Gasteiger partial charge in [-0.2, -0.15) is 0 Å². The Bertz CT molecular complexity index is 2000. The second-order valence-electron chi connectivity index (χ2n) is 15.3. The number of hydrogen-bond acceptors (Lipinski definition) is 8. The van der Waals surface area contributed by atoms with E-state index in [1.165, 1.54) is 6.07 Å². The van der Waals surface area contributed by atoms with Crippen LogP contribution in [0.3, 0.4) is 0 Å². The number of halogens is 2. The molecule has 8 nitrogen and oxygen atoms in total. The summed E-state index contributed by atoms with van der Waals surface area (Å²) in [4.78, 5) is 32.8. The van der Waals surface area contributed by atoms with Gasteiger partial charge in [0.1, 0.15) is 22.8 Å². The van der Waals surface area contributed by atoms with E-state index in [9.17, 15) is 9.59 Å². The molecule has 1 N–H and O–H groups in total. The number of hydrogen-bond donors (Lipinski definition) is 1. The molecule has 258 valence electrons. The Morgan fingerprint density at radius 1 is 1.02 bits per heavy atom. The molecule has 0 radical (unpaired) electrons. The summed E-state index contributed by atoms with van der Waals surface area (Å²) in [5, 5.41) is 4.23. The summed E-state index contributed by atoms with van der Waals surface area (Å²) in [6.45, 7) is 19.4. The van der Waals surface area contributed by atoms with Crippen molar-refractivity contribution in [3.8, 4) is 11.3 Å². The highest BCUT2D eigenvalue weighted by molar-refractivity contribution is 6.63. The third-order valence-corrected chi connectivity index (χ3v) is 10.7. The molecule has 2 aliphatic rings. The van der Waals surface area contributed by atoms with Crippen LogP contribution in [0.25, 0.3) is 22.2 Å². The predicted molar refractivity (Wildman–Crippen MR) is 195 cm³/mol. The maximum atomic E-state index is 16.0. The number of pyridine rings is 1. The standard InChI is InChI=1S/C38H44BClFN3O5/c1-21-16-26(34-27(17-21)33(46)22(2)35(47-34)44-14-12-36(4,5)13-15-44)23(3)42-29-10-11-30(40)43-32(29)24-18-25(20-45)31(28(41)19-24)39-48-37(6,7)38(8,9)49-39/h10-11,16-20,23,42H,12-15H2,1-9H3/t23-/m1/s1. The molecule has 11 heteroatoms. The van der Waals surface area contributed by atoms with Crippen LogP contribution in [0.15, 0.2) is 45.6 Å². The Hall–Kier alpha value is -3.73. The van der Waals surface area contributed by atoms with Gasteiger partial charge in [0.05, 0.1) is 39.6 Å². The van der Waals surface area contributed by atoms with Gasteiger partial charge in [-0.25, -0.2) is 9.37 Å². The highest BCUT2D eigenvalue weighted by atomic mass is 35.5. The topological polar surface area (TPSA) is 93.9 Å². The van der Waals surface area contributed by atoms with Gasteiger partial charge in [0.25, 0.3) is 0 Å². The Balaban J connectivity index is 1.39. The molecule has 0 unspecified atom stereocenters. The van der Waals surface area contributed by atoms with Gasteiger partial charge in [0, 0.05) is 35.2 Å². The number of benzene rings is 2. The van der Waals surface area contributed by atoms with Gasteiger partial charge in [-0.15, -0.1) is 0 Å². The zero-order valence-electron chi connectivity index (χ0n) is 29.7. The van der Waals surface area contributed by atoms with E-state index in [0.29, 0.717) is 45.6 Å². The summed E-state index contributed by atoms with van der Waals surface area (Å²) < 4.78 is 34.8. The van der Waals surface area contributed by atoms with Crippen LogP contribution < -0.4 is 21.1 Å². The number of aldehydes is 1. The predicted octanol–water partition coefficient (Wildman–Crippen LogP) is 8.18. The Morgan fingerprint density at radius 3 is 2.31 bits per heavy atom. The maximum Gasteiger partial charge on any atom is 0.498 e. The fourth-order valence-corrected chi connectivity index (χ4v) is 6.81. The molecule has 49 heavy (non-hydrogen) atoms. The molecule has 2 fully saturated rings. The number of rotatable bonds is 7. The number of fused-ring (bicyclic) bond motifs is 1. The molecule has 1 atom stereocenters. The van der Waals surface area contributed by atoms with Crippen LogP contribution in [0, 0.1) is 25.1 Å². The van der Waals surface area contributed by atoms with Gasteiger partial charge < -0.3 is 23.9 Å². The number of aromatic nitrogens is 1. The van der Waals surface area contributed by atoms with Crippen LogP contribution >= 0.6 is 11.6 Å². The molecule has 0 spiro atoms. The SMILES string of the molecule is Cc1cc([C@@H](C)Nc2ccc(Cl)nc2-c2cc(F)c(B3OC(C)(C)C(C)(C)O3)c(C=O)c2)c2oc(N3CCC(C)(C)CC3)c(C)c(=O)c2c1. The molecule has 0 aliphatic carbocycles. The average molecular weight is 688 g/mol. The minimum Gasteiger partial charge on any atom is -0.440 e. The van der Waals surface area contributed by atoms with Crippen molar-refractivity contribution in [1.29, 1.82) is 0 Å². The number of anilines is 2. The van der Waals surface area contributed by atoms with Crippen LogP contribution in [0.5, 0.6) is 0 Å². The van der Waals surface area contributed by atoms with E-state index in [1.54, 1.807) is 18.2 Å². The van der Waals surface area contributed by atoms with Crippen LogP contribution in [0.1, 0.15) is 94.4 Å². The van der Waals surface area contributed by atoms with E-state index in [2.05, 4.69) is 29.0 Å². The molecule has 4 aromatic rings. The number of aryl methyl sites for hydroxylation is 1. The minimum atomic E-state index is -1.06. The number of nitrogens with zero attached hydrogens (tertiary/aromatic N) is 2. The number of carbonyl (C=O) groups is 1. The molecule has 0 saturated carbocycles. The van der Waals surface area contributed by atoms with Crippen molar-refractivity contribution < 1.29 is 22.9 Å². The monoisotopic (exact) mass is 687 g/mol. The zero-order valence-corrected chi connectivity index (χ0v) is 30.5. The molecule has 2 aliphatic heterocycles. The van der Waals surface area contributed by atoms with Crippen LogP contribution in [-0.2, 0) is 9.31 Å². The van der Waals surface area contributed by atoms with Crippen LogP contribution in [0.2, 0.25) is 5.15 Å². The van der Waals surface area contributed by atoms with E-state index >= 15 is 4.39 Å². The van der Waals surface area contributed by atoms with E-state index in [4.69, 9.17) is 25.3 Å². The summed E-state index contributed by atoms with van der Waals surface area (Å²) in [7, 11) is -1.06. The summed E-state index contributed by atoms with van der Waals surface area (Å²) >= 11 is 6.37. The molecule has 2 aromatic heterocycles. The summed E-state index contributed by atoms with van der Waals surface area (Å²) in [6, 6.07) is 9.80. The largest absolute Gasteiger partial charge is 0.498 e. The Morgan fingerprint density at radius 2 is 1.67 bits per heavy atom. The van der Waals surface area contributed by atoms with Crippen molar-refractivity contribution in [1.82, 2.24) is 4.98 Å². The molecule has 0 amide bonds. The number of carbonyl (C=O) groups excluding carboxylic acids is 1. The lowest BCUT2D eigenvalue weighted by atomic mass is 9.75. The van der Waals surface area contributed by atoms with Gasteiger partial charge in [-0.1, -0.05) is 31.5 Å². The number of nitrogens with one attached hydrogen (secondary N) is 1. The quantitative estimate of drug-likeness (QED) is 0.118. The third kappa shape index (κ3) is 6.51. The van der Waals surface area contributed by atoms with Gasteiger partial charge in [-0.3, -0.25) is 9.59 Å². The van der Waals surface area contributed by atoms with Gasteiger partial charge in [0.2, 0.25) is 5.88 Å². The maximum absolute atomic E-state index is 16.0. The van der Waals surface area contributed by atoms with Crippen molar-refractivity contribution in [2.45, 2.75) is 92.4 Å². The second kappa shape index (κ2) is 12.6. The van der Waals surface area contributed by atoms with Gasteiger partial charge in [-0.05, 0) is 103 Å². The lowest BCUT2D eigenvalue weighted by Crippen LogP contribution is -2.41. The summed E-state index contributed by atoms with van der Waals surface area (Å²) in [5.74, 6) is -0.0487. The normalized spacial score (nSPS) is 18.9. The lowest BCUT2D eigenvalue weighted by molar-refractivity contribution is 0.00578. The Labute approximate surface area is 292 Å². The fraction of sp³-hybridized carbons (Fsp3) is 0.447. The van der Waals surface area contributed by atoms with E-state index in [0.717, 1.165) is 37.1 Å². The van der Waals surface area contributed by atoms with E-state index < -0.39 is 24.1 Å². The lowest BCUT2D eigenvalue weighted by Gasteiger charge is -2.37. The van der Waals surface area contributed by atoms with Crippen molar-refractivity contribution in [2.24, 2.45) is 5.41 Å². The smallest absolute Gasteiger partial charge is 0.440 e. The van der Waals surface area contributed by atoms with Crippen LogP contribution in [-0.4, -0.2) is 42.7 Å². The summed E-state index contributed by atoms with van der Waals surface area (Å²) in [6.07, 6.45) is 2.60. The highest BCUT2D eigenvalue weighted by Gasteiger charge is 2.53. The fourth-order valence-electron chi connectivity index (χ4n) is 6.66. The van der Waals surface area contributed by atoms with Gasteiger partial charge >= 0.3 is 7.12 Å². The zero-order chi connectivity index (χ0) is 35.6. The molecule has 2 aromatic carbocycles. The number of piperidine rings is 1. The Kier molecular flexibility index (Phi) is 8.99. The highest BCUT2D eigenvalue weighted by Crippen LogP contribution is 2.39.